The van der Waals surface area contributed by atoms with Crippen LogP contribution in [0.1, 0.15) is 19.4 Å². The van der Waals surface area contributed by atoms with E-state index in [0.29, 0.717) is 0 Å². The summed E-state index contributed by atoms with van der Waals surface area (Å²) >= 11 is 0.789. The molecule has 0 unspecified atom stereocenters. The van der Waals surface area contributed by atoms with Gasteiger partial charge in [0.25, 0.3) is 15.7 Å². The second-order valence-corrected chi connectivity index (χ2v) is 8.70. The lowest BCUT2D eigenvalue weighted by atomic mass is 10.2. The van der Waals surface area contributed by atoms with Crippen molar-refractivity contribution in [2.75, 3.05) is 19.0 Å². The van der Waals surface area contributed by atoms with Crippen LogP contribution < -0.4 is 9.67 Å². The first-order valence-electron chi connectivity index (χ1n) is 9.49. The van der Waals surface area contributed by atoms with Crippen molar-refractivity contribution in [3.05, 3.63) is 66.4 Å². The summed E-state index contributed by atoms with van der Waals surface area (Å²) in [7, 11) is -4.16. The van der Waals surface area contributed by atoms with Crippen LogP contribution in [-0.2, 0) is 24.3 Å². The summed E-state index contributed by atoms with van der Waals surface area (Å²) in [5.74, 6) is -1.56. The van der Waals surface area contributed by atoms with Gasteiger partial charge in [-0.3, -0.25) is 4.79 Å². The largest absolute Gasteiger partial charge is 0.609 e. The molecular formula is C21H24N2O6S2. The van der Waals surface area contributed by atoms with Gasteiger partial charge in [0.2, 0.25) is 0 Å². The third kappa shape index (κ3) is 7.11. The van der Waals surface area contributed by atoms with Crippen LogP contribution in [-0.4, -0.2) is 38.4 Å². The Balaban J connectivity index is 2.61. The lowest BCUT2D eigenvalue weighted by molar-refractivity contribution is -0.583. The van der Waals surface area contributed by atoms with Crippen molar-refractivity contribution >= 4 is 38.5 Å². The first-order chi connectivity index (χ1) is 14.8. The normalized spacial score (nSPS) is 12.8. The maximum Gasteiger partial charge on any atom is 0.316 e. The van der Waals surface area contributed by atoms with Crippen molar-refractivity contribution < 1.29 is 32.4 Å². The molecule has 2 rings (SSSR count). The summed E-state index contributed by atoms with van der Waals surface area (Å²) in [6, 6.07) is 11.2. The van der Waals surface area contributed by atoms with E-state index in [0.717, 1.165) is 17.3 Å². The van der Waals surface area contributed by atoms with Gasteiger partial charge in [-0.05, 0) is 32.6 Å². The first kappa shape index (κ1) is 24.4. The fourth-order valence-corrected chi connectivity index (χ4v) is 4.45. The van der Waals surface area contributed by atoms with E-state index in [9.17, 15) is 18.3 Å². The van der Waals surface area contributed by atoms with Gasteiger partial charge < -0.3 is 14.6 Å². The molecule has 0 fully saturated rings. The quantitative estimate of drug-likeness (QED) is 0.183. The molecule has 1 aromatic carbocycles. The molecule has 1 aromatic heterocycles. The van der Waals surface area contributed by atoms with Gasteiger partial charge in [-0.25, -0.2) is 0 Å². The zero-order chi connectivity index (χ0) is 22.9. The Morgan fingerprint density at radius 3 is 2.26 bits per heavy atom. The minimum absolute atomic E-state index is 0.0337. The number of thioether (sulfide) groups is 1. The van der Waals surface area contributed by atoms with Crippen molar-refractivity contribution in [3.63, 3.8) is 0 Å². The van der Waals surface area contributed by atoms with Gasteiger partial charge in [-0.2, -0.15) is 13.0 Å². The number of benzene rings is 1. The SMILES string of the molecule is CCOC(=O)CSC(=NS(=O)(=O)c1ccc(C)cc1)/C(=C(\[O-])OCC)[n+]1ccccc1. The second kappa shape index (κ2) is 11.5. The van der Waals surface area contributed by atoms with E-state index in [4.69, 9.17) is 9.47 Å². The second-order valence-electron chi connectivity index (χ2n) is 6.13. The van der Waals surface area contributed by atoms with Gasteiger partial charge in [0.15, 0.2) is 17.4 Å². The number of pyridine rings is 1. The molecule has 0 amide bonds. The third-order valence-electron chi connectivity index (χ3n) is 3.80. The van der Waals surface area contributed by atoms with E-state index < -0.39 is 21.9 Å². The van der Waals surface area contributed by atoms with Gasteiger partial charge in [0.05, 0.1) is 17.3 Å². The molecule has 0 saturated heterocycles. The highest BCUT2D eigenvalue weighted by atomic mass is 32.2. The zero-order valence-electron chi connectivity index (χ0n) is 17.5. The Kier molecular flexibility index (Phi) is 9.07. The molecule has 1 heterocycles. The molecule has 10 heteroatoms. The molecule has 0 N–H and O–H groups in total. The number of hydrogen-bond donors (Lipinski definition) is 0. The Morgan fingerprint density at radius 1 is 1.06 bits per heavy atom. The maximum atomic E-state index is 12.9. The monoisotopic (exact) mass is 464 g/mol. The number of hydrogen-bond acceptors (Lipinski definition) is 7. The fourth-order valence-electron chi connectivity index (χ4n) is 2.39. The number of carbonyl (C=O) groups excluding carboxylic acids is 1. The molecule has 0 bridgehead atoms. The Hall–Kier alpha value is -2.85. The van der Waals surface area contributed by atoms with Gasteiger partial charge >= 0.3 is 5.97 Å². The van der Waals surface area contributed by atoms with E-state index >= 15 is 0 Å². The lowest BCUT2D eigenvalue weighted by Gasteiger charge is -2.15. The van der Waals surface area contributed by atoms with Crippen LogP contribution in [0.15, 0.2) is 70.1 Å². The molecule has 0 aliphatic carbocycles. The number of aromatic nitrogens is 1. The van der Waals surface area contributed by atoms with Gasteiger partial charge in [-0.1, -0.05) is 42.4 Å². The standard InChI is InChI=1S/C21H24N2O6S2/c1-4-28-18(24)15-30-20(22-31(26,27)17-11-9-16(3)10-12-17)19(21(25)29-5-2)23-13-7-6-8-14-23/h6-14H,4-5,15H2,1-3H3. The van der Waals surface area contributed by atoms with E-state index in [1.165, 1.54) is 16.7 Å². The molecule has 0 spiro atoms. The molecule has 0 saturated carbocycles. The Labute approximate surface area is 186 Å². The van der Waals surface area contributed by atoms with E-state index in [2.05, 4.69) is 4.40 Å². The van der Waals surface area contributed by atoms with Crippen LogP contribution in [0.25, 0.3) is 5.70 Å². The first-order valence-corrected chi connectivity index (χ1v) is 11.9. The van der Waals surface area contributed by atoms with Gasteiger partial charge in [0.1, 0.15) is 5.95 Å². The summed E-state index contributed by atoms with van der Waals surface area (Å²) in [5, 5.41) is 12.6. The number of nitrogens with zero attached hydrogens (tertiary/aromatic N) is 2. The molecule has 0 aliphatic rings. The van der Waals surface area contributed by atoms with Crippen molar-refractivity contribution in [1.29, 1.82) is 0 Å². The fraction of sp³-hybridized carbons (Fsp3) is 0.286. The zero-order valence-corrected chi connectivity index (χ0v) is 19.1. The number of esters is 1. The highest BCUT2D eigenvalue weighted by Crippen LogP contribution is 2.21. The number of ether oxygens (including phenoxy) is 2. The smallest absolute Gasteiger partial charge is 0.316 e. The summed E-state index contributed by atoms with van der Waals surface area (Å²) in [5.41, 5.74) is 0.769. The molecule has 0 radical (unpaired) electrons. The topological polar surface area (TPSA) is 109 Å². The number of sulfonamides is 1. The predicted octanol–water partition coefficient (Wildman–Crippen LogP) is 1.89. The van der Waals surface area contributed by atoms with Crippen LogP contribution >= 0.6 is 11.8 Å². The minimum atomic E-state index is -4.16. The molecule has 0 aliphatic heterocycles. The molecular weight excluding hydrogens is 440 g/mol. The molecule has 2 aromatic rings. The van der Waals surface area contributed by atoms with Crippen LogP contribution in [0, 0.1) is 6.92 Å². The molecule has 0 atom stereocenters. The van der Waals surface area contributed by atoms with Gasteiger partial charge in [0, 0.05) is 12.1 Å². The number of carbonyl (C=O) groups is 1. The number of rotatable bonds is 9. The van der Waals surface area contributed by atoms with Crippen molar-refractivity contribution in [1.82, 2.24) is 0 Å². The van der Waals surface area contributed by atoms with Crippen LogP contribution in [0.4, 0.5) is 0 Å². The highest BCUT2D eigenvalue weighted by molar-refractivity contribution is 8.16. The Bertz CT molecular complexity index is 1050. The third-order valence-corrected chi connectivity index (χ3v) is 6.14. The molecule has 31 heavy (non-hydrogen) atoms. The van der Waals surface area contributed by atoms with E-state index in [-0.39, 0.29) is 34.6 Å². The van der Waals surface area contributed by atoms with Crippen LogP contribution in [0.2, 0.25) is 0 Å². The van der Waals surface area contributed by atoms with E-state index in [1.54, 1.807) is 56.6 Å². The van der Waals surface area contributed by atoms with E-state index in [1.807, 2.05) is 6.92 Å². The number of aryl methyl sites for hydroxylation is 1. The molecule has 8 nitrogen and oxygen atoms in total. The molecule has 166 valence electrons. The van der Waals surface area contributed by atoms with Crippen molar-refractivity contribution in [3.8, 4) is 0 Å². The lowest BCUT2D eigenvalue weighted by Crippen LogP contribution is -2.39. The average Bonchev–Trinajstić information content (AvgIpc) is 2.73. The minimum Gasteiger partial charge on any atom is -0.609 e. The summed E-state index contributed by atoms with van der Waals surface area (Å²) in [4.78, 5) is 11.9. The van der Waals surface area contributed by atoms with Crippen molar-refractivity contribution in [2.24, 2.45) is 4.40 Å². The highest BCUT2D eigenvalue weighted by Gasteiger charge is 2.26. The van der Waals surface area contributed by atoms with Crippen LogP contribution in [0.5, 0.6) is 0 Å². The summed E-state index contributed by atoms with van der Waals surface area (Å²) < 4.78 is 41.3. The predicted molar refractivity (Wildman–Crippen MR) is 116 cm³/mol. The average molecular weight is 465 g/mol. The van der Waals surface area contributed by atoms with Gasteiger partial charge in [-0.15, -0.1) is 4.40 Å². The summed E-state index contributed by atoms with van der Waals surface area (Å²) in [6.45, 7) is 5.39. The van der Waals surface area contributed by atoms with Crippen LogP contribution in [0.3, 0.4) is 0 Å². The summed E-state index contributed by atoms with van der Waals surface area (Å²) in [6.07, 6.45) is 3.12. The Morgan fingerprint density at radius 2 is 1.68 bits per heavy atom. The maximum absolute atomic E-state index is 12.9. The van der Waals surface area contributed by atoms with Crippen molar-refractivity contribution in [2.45, 2.75) is 25.7 Å².